The molecule has 0 aliphatic carbocycles. The summed E-state index contributed by atoms with van der Waals surface area (Å²) in [6, 6.07) is 12.2. The van der Waals surface area contributed by atoms with Crippen molar-refractivity contribution in [1.82, 2.24) is 14.5 Å². The van der Waals surface area contributed by atoms with Crippen LogP contribution in [0.1, 0.15) is 36.1 Å². The SMILES string of the molecule is N#Cc1ccc(S(=O)(=O)N2CCC(C(=O)NCC3CCCN(Cc4cccs4)C3)CC2)cc1. The number of benzene rings is 1. The number of hydrogen-bond donors (Lipinski definition) is 1. The number of nitrogens with zero attached hydrogens (tertiary/aromatic N) is 3. The van der Waals surface area contributed by atoms with Crippen LogP contribution in [-0.2, 0) is 21.4 Å². The maximum Gasteiger partial charge on any atom is 0.243 e. The van der Waals surface area contributed by atoms with Crippen LogP contribution in [0.25, 0.3) is 0 Å². The molecule has 7 nitrogen and oxygen atoms in total. The molecule has 33 heavy (non-hydrogen) atoms. The average molecular weight is 487 g/mol. The molecule has 1 N–H and O–H groups in total. The molecule has 2 aliphatic heterocycles. The van der Waals surface area contributed by atoms with E-state index in [-0.39, 0.29) is 16.7 Å². The summed E-state index contributed by atoms with van der Waals surface area (Å²) in [7, 11) is -3.61. The summed E-state index contributed by atoms with van der Waals surface area (Å²) in [5, 5.41) is 14.1. The van der Waals surface area contributed by atoms with Gasteiger partial charge in [0, 0.05) is 43.5 Å². The van der Waals surface area contributed by atoms with Gasteiger partial charge in [-0.3, -0.25) is 9.69 Å². The van der Waals surface area contributed by atoms with E-state index in [2.05, 4.69) is 27.7 Å². The lowest BCUT2D eigenvalue weighted by Crippen LogP contribution is -2.45. The van der Waals surface area contributed by atoms with Gasteiger partial charge in [0.25, 0.3) is 0 Å². The zero-order valence-electron chi connectivity index (χ0n) is 18.7. The number of nitrogens with one attached hydrogen (secondary N) is 1. The highest BCUT2D eigenvalue weighted by molar-refractivity contribution is 7.89. The fourth-order valence-electron chi connectivity index (χ4n) is 4.68. The smallest absolute Gasteiger partial charge is 0.243 e. The van der Waals surface area contributed by atoms with Crippen LogP contribution in [-0.4, -0.2) is 56.3 Å². The number of hydrogen-bond acceptors (Lipinski definition) is 6. The van der Waals surface area contributed by atoms with Crippen molar-refractivity contribution in [3.8, 4) is 6.07 Å². The first-order valence-corrected chi connectivity index (χ1v) is 13.8. The zero-order chi connectivity index (χ0) is 23.3. The summed E-state index contributed by atoms with van der Waals surface area (Å²) in [5.41, 5.74) is 0.428. The summed E-state index contributed by atoms with van der Waals surface area (Å²) in [6.45, 7) is 4.43. The second kappa shape index (κ2) is 10.8. The molecule has 1 aromatic heterocycles. The van der Waals surface area contributed by atoms with E-state index in [1.54, 1.807) is 11.3 Å². The molecule has 1 aromatic carbocycles. The van der Waals surface area contributed by atoms with Gasteiger partial charge in [-0.1, -0.05) is 6.07 Å². The lowest BCUT2D eigenvalue weighted by atomic mass is 9.95. The molecule has 0 bridgehead atoms. The maximum absolute atomic E-state index is 12.9. The molecule has 176 valence electrons. The molecule has 1 unspecified atom stereocenters. The van der Waals surface area contributed by atoms with Crippen LogP contribution in [0.15, 0.2) is 46.7 Å². The topological polar surface area (TPSA) is 93.5 Å². The quantitative estimate of drug-likeness (QED) is 0.649. The van der Waals surface area contributed by atoms with Crippen molar-refractivity contribution in [2.45, 2.75) is 37.1 Å². The van der Waals surface area contributed by atoms with Crippen molar-refractivity contribution in [2.75, 3.05) is 32.7 Å². The third-order valence-corrected chi connectivity index (χ3v) is 9.35. The normalized spacial score (nSPS) is 20.9. The highest BCUT2D eigenvalue weighted by Crippen LogP contribution is 2.25. The van der Waals surface area contributed by atoms with Gasteiger partial charge < -0.3 is 5.32 Å². The molecule has 4 rings (SSSR count). The van der Waals surface area contributed by atoms with Gasteiger partial charge >= 0.3 is 0 Å². The summed E-state index contributed by atoms with van der Waals surface area (Å²) in [6.07, 6.45) is 3.33. The lowest BCUT2D eigenvalue weighted by Gasteiger charge is -2.33. The Bertz CT molecular complexity index is 1070. The molecular weight excluding hydrogens is 456 g/mol. The monoisotopic (exact) mass is 486 g/mol. The van der Waals surface area contributed by atoms with Gasteiger partial charge in [0.05, 0.1) is 16.5 Å². The van der Waals surface area contributed by atoms with Crippen LogP contribution in [0.5, 0.6) is 0 Å². The summed E-state index contributed by atoms with van der Waals surface area (Å²) in [4.78, 5) is 16.8. The number of thiophene rings is 1. The molecule has 2 aliphatic rings. The Morgan fingerprint density at radius 1 is 1.12 bits per heavy atom. The molecule has 0 spiro atoms. The highest BCUT2D eigenvalue weighted by atomic mass is 32.2. The number of amides is 1. The Morgan fingerprint density at radius 3 is 2.55 bits per heavy atom. The Labute approximate surface area is 200 Å². The van der Waals surface area contributed by atoms with Crippen LogP contribution in [0, 0.1) is 23.2 Å². The first-order valence-electron chi connectivity index (χ1n) is 11.5. The van der Waals surface area contributed by atoms with Crippen molar-refractivity contribution in [1.29, 1.82) is 5.26 Å². The molecule has 1 amide bonds. The van der Waals surface area contributed by atoms with Crippen molar-refractivity contribution >= 4 is 27.3 Å². The predicted octanol–water partition coefficient (Wildman–Crippen LogP) is 3.05. The van der Waals surface area contributed by atoms with E-state index in [0.29, 0.717) is 44.0 Å². The summed E-state index contributed by atoms with van der Waals surface area (Å²) >= 11 is 1.79. The van der Waals surface area contributed by atoms with Gasteiger partial charge in [-0.2, -0.15) is 9.57 Å². The second-order valence-electron chi connectivity index (χ2n) is 8.88. The Hall–Kier alpha value is -2.25. The van der Waals surface area contributed by atoms with Crippen molar-refractivity contribution in [3.05, 3.63) is 52.2 Å². The van der Waals surface area contributed by atoms with Crippen LogP contribution in [0.2, 0.25) is 0 Å². The minimum Gasteiger partial charge on any atom is -0.356 e. The van der Waals surface area contributed by atoms with Gasteiger partial charge in [-0.25, -0.2) is 8.42 Å². The van der Waals surface area contributed by atoms with Gasteiger partial charge in [0.2, 0.25) is 15.9 Å². The number of likely N-dealkylation sites (tertiary alicyclic amines) is 1. The number of carbonyl (C=O) groups excluding carboxylic acids is 1. The predicted molar refractivity (Wildman–Crippen MR) is 128 cm³/mol. The first-order chi connectivity index (χ1) is 16.0. The van der Waals surface area contributed by atoms with E-state index < -0.39 is 10.0 Å². The number of nitriles is 1. The van der Waals surface area contributed by atoms with E-state index in [1.165, 1.54) is 33.4 Å². The minimum atomic E-state index is -3.61. The molecule has 0 radical (unpaired) electrons. The molecule has 1 atom stereocenters. The van der Waals surface area contributed by atoms with Crippen molar-refractivity contribution in [3.63, 3.8) is 0 Å². The first kappa shape index (κ1) is 23.9. The van der Waals surface area contributed by atoms with Crippen LogP contribution >= 0.6 is 11.3 Å². The second-order valence-corrected chi connectivity index (χ2v) is 11.9. The Kier molecular flexibility index (Phi) is 7.81. The van der Waals surface area contributed by atoms with Gasteiger partial charge in [0.15, 0.2) is 0 Å². The number of carbonyl (C=O) groups is 1. The maximum atomic E-state index is 12.9. The largest absolute Gasteiger partial charge is 0.356 e. The molecule has 2 aromatic rings. The summed E-state index contributed by atoms with van der Waals surface area (Å²) in [5.74, 6) is 0.350. The van der Waals surface area contributed by atoms with E-state index in [0.717, 1.165) is 32.5 Å². The Morgan fingerprint density at radius 2 is 1.88 bits per heavy atom. The average Bonchev–Trinajstić information content (AvgIpc) is 3.36. The standard InChI is InChI=1S/C24H30N4O3S2/c25-15-19-5-7-23(8-6-19)33(30,31)28-12-9-21(10-13-28)24(29)26-16-20-3-1-11-27(17-20)18-22-4-2-14-32-22/h2,4-8,14,20-21H,1,3,9-13,16-18H2,(H,26,29). The van der Waals surface area contributed by atoms with Gasteiger partial charge in [-0.15, -0.1) is 11.3 Å². The molecule has 2 fully saturated rings. The molecule has 0 saturated carbocycles. The molecule has 9 heteroatoms. The molecule has 3 heterocycles. The fraction of sp³-hybridized carbons (Fsp3) is 0.500. The number of piperidine rings is 2. The van der Waals surface area contributed by atoms with Gasteiger partial charge in [-0.05, 0) is 73.9 Å². The zero-order valence-corrected chi connectivity index (χ0v) is 20.3. The Balaban J connectivity index is 1.23. The van der Waals surface area contributed by atoms with Crippen molar-refractivity contribution < 1.29 is 13.2 Å². The van der Waals surface area contributed by atoms with E-state index in [1.807, 2.05) is 6.07 Å². The lowest BCUT2D eigenvalue weighted by molar-refractivity contribution is -0.126. The molecule has 2 saturated heterocycles. The third kappa shape index (κ3) is 6.01. The van der Waals surface area contributed by atoms with Crippen LogP contribution in [0.4, 0.5) is 0 Å². The third-order valence-electron chi connectivity index (χ3n) is 6.57. The molecular formula is C24H30N4O3S2. The van der Waals surface area contributed by atoms with Gasteiger partial charge in [0.1, 0.15) is 0 Å². The van der Waals surface area contributed by atoms with E-state index in [4.69, 9.17) is 5.26 Å². The van der Waals surface area contributed by atoms with Crippen LogP contribution in [0.3, 0.4) is 0 Å². The van der Waals surface area contributed by atoms with Crippen molar-refractivity contribution in [2.24, 2.45) is 11.8 Å². The number of sulfonamides is 1. The van der Waals surface area contributed by atoms with Crippen LogP contribution < -0.4 is 5.32 Å². The van der Waals surface area contributed by atoms with E-state index >= 15 is 0 Å². The number of rotatable bonds is 7. The highest BCUT2D eigenvalue weighted by Gasteiger charge is 2.32. The summed E-state index contributed by atoms with van der Waals surface area (Å²) < 4.78 is 27.2. The van der Waals surface area contributed by atoms with E-state index in [9.17, 15) is 13.2 Å². The minimum absolute atomic E-state index is 0.0424. The fourth-order valence-corrected chi connectivity index (χ4v) is 6.90.